The number of anilines is 1. The van der Waals surface area contributed by atoms with Crippen LogP contribution in [0.2, 0.25) is 0 Å². The average molecular weight is 334 g/mol. The summed E-state index contributed by atoms with van der Waals surface area (Å²) in [6.07, 6.45) is 3.92. The number of carbonyl (C=O) groups excluding carboxylic acids is 1. The first-order chi connectivity index (χ1) is 11.1. The van der Waals surface area contributed by atoms with Crippen LogP contribution in [0.25, 0.3) is 0 Å². The fraction of sp³-hybridized carbons (Fsp3) is 0.312. The smallest absolute Gasteiger partial charge is 0.240 e. The van der Waals surface area contributed by atoms with Crippen LogP contribution in [-0.2, 0) is 21.4 Å². The zero-order valence-electron chi connectivity index (χ0n) is 12.6. The quantitative estimate of drug-likeness (QED) is 0.910. The number of furan rings is 1. The van der Waals surface area contributed by atoms with Gasteiger partial charge in [0, 0.05) is 18.7 Å². The van der Waals surface area contributed by atoms with E-state index < -0.39 is 10.0 Å². The molecule has 7 heteroatoms. The highest BCUT2D eigenvalue weighted by atomic mass is 32.2. The molecule has 122 valence electrons. The number of rotatable bonds is 5. The normalized spacial score (nSPS) is 15.8. The number of benzene rings is 1. The SMILES string of the molecule is O=C1CCCCN1c1ccc(S(=O)(=O)NCc2ccco2)cc1. The predicted molar refractivity (Wildman–Crippen MR) is 85.4 cm³/mol. The fourth-order valence-electron chi connectivity index (χ4n) is 2.55. The fourth-order valence-corrected chi connectivity index (χ4v) is 3.54. The first-order valence-electron chi connectivity index (χ1n) is 7.49. The molecule has 1 aromatic carbocycles. The average Bonchev–Trinajstić information content (AvgIpc) is 3.07. The van der Waals surface area contributed by atoms with Crippen molar-refractivity contribution in [1.82, 2.24) is 4.72 Å². The Labute approximate surface area is 135 Å². The molecule has 0 aliphatic carbocycles. The Morgan fingerprint density at radius 1 is 1.13 bits per heavy atom. The molecule has 23 heavy (non-hydrogen) atoms. The van der Waals surface area contributed by atoms with E-state index in [9.17, 15) is 13.2 Å². The van der Waals surface area contributed by atoms with Gasteiger partial charge in [0.1, 0.15) is 5.76 Å². The van der Waals surface area contributed by atoms with Crippen LogP contribution in [-0.4, -0.2) is 20.9 Å². The molecule has 1 N–H and O–H groups in total. The van der Waals surface area contributed by atoms with Gasteiger partial charge < -0.3 is 9.32 Å². The Kier molecular flexibility index (Phi) is 4.49. The highest BCUT2D eigenvalue weighted by molar-refractivity contribution is 7.89. The highest BCUT2D eigenvalue weighted by Crippen LogP contribution is 2.22. The molecule has 1 aliphatic heterocycles. The molecule has 2 aromatic rings. The van der Waals surface area contributed by atoms with Crippen LogP contribution in [0.1, 0.15) is 25.0 Å². The van der Waals surface area contributed by atoms with Crippen molar-refractivity contribution in [2.24, 2.45) is 0 Å². The second-order valence-electron chi connectivity index (χ2n) is 5.40. The van der Waals surface area contributed by atoms with Gasteiger partial charge in [0.2, 0.25) is 15.9 Å². The van der Waals surface area contributed by atoms with Gasteiger partial charge in [-0.1, -0.05) is 0 Å². The molecule has 6 nitrogen and oxygen atoms in total. The molecular formula is C16H18N2O4S. The minimum atomic E-state index is -3.61. The summed E-state index contributed by atoms with van der Waals surface area (Å²) in [6, 6.07) is 9.78. The zero-order chi connectivity index (χ0) is 16.3. The van der Waals surface area contributed by atoms with Crippen LogP contribution in [0, 0.1) is 0 Å². The summed E-state index contributed by atoms with van der Waals surface area (Å²) in [5.74, 6) is 0.631. The van der Waals surface area contributed by atoms with Gasteiger partial charge in [-0.25, -0.2) is 13.1 Å². The number of piperidine rings is 1. The second kappa shape index (κ2) is 6.55. The van der Waals surface area contributed by atoms with Crippen molar-refractivity contribution in [2.75, 3.05) is 11.4 Å². The van der Waals surface area contributed by atoms with E-state index in [1.807, 2.05) is 0 Å². The van der Waals surface area contributed by atoms with Crippen LogP contribution < -0.4 is 9.62 Å². The third kappa shape index (κ3) is 3.62. The molecular weight excluding hydrogens is 316 g/mol. The summed E-state index contributed by atoms with van der Waals surface area (Å²) in [5.41, 5.74) is 0.736. The lowest BCUT2D eigenvalue weighted by Gasteiger charge is -2.26. The largest absolute Gasteiger partial charge is 0.468 e. The standard InChI is InChI=1S/C16H18N2O4S/c19-16-5-1-2-10-18(16)13-6-8-15(9-7-13)23(20,21)17-12-14-4-3-11-22-14/h3-4,6-9,11,17H,1-2,5,10,12H2. The highest BCUT2D eigenvalue weighted by Gasteiger charge is 2.20. The summed E-state index contributed by atoms with van der Waals surface area (Å²) in [5, 5.41) is 0. The maximum absolute atomic E-state index is 12.2. The molecule has 3 rings (SSSR count). The van der Waals surface area contributed by atoms with E-state index in [1.54, 1.807) is 29.2 Å². The number of amides is 1. The van der Waals surface area contributed by atoms with E-state index in [0.29, 0.717) is 18.7 Å². The van der Waals surface area contributed by atoms with Crippen molar-refractivity contribution in [3.8, 4) is 0 Å². The van der Waals surface area contributed by atoms with Crippen molar-refractivity contribution in [3.63, 3.8) is 0 Å². The predicted octanol–water partition coefficient (Wildman–Crippen LogP) is 2.28. The monoisotopic (exact) mass is 334 g/mol. The molecule has 0 unspecified atom stereocenters. The van der Waals surface area contributed by atoms with Gasteiger partial charge >= 0.3 is 0 Å². The second-order valence-corrected chi connectivity index (χ2v) is 7.17. The van der Waals surface area contributed by atoms with Crippen molar-refractivity contribution in [2.45, 2.75) is 30.7 Å². The van der Waals surface area contributed by atoms with Crippen LogP contribution in [0.4, 0.5) is 5.69 Å². The Morgan fingerprint density at radius 2 is 1.91 bits per heavy atom. The van der Waals surface area contributed by atoms with Gasteiger partial charge in [-0.3, -0.25) is 4.79 Å². The van der Waals surface area contributed by atoms with Crippen molar-refractivity contribution in [3.05, 3.63) is 48.4 Å². The number of nitrogens with zero attached hydrogens (tertiary/aromatic N) is 1. The summed E-state index contributed by atoms with van der Waals surface area (Å²) in [4.78, 5) is 13.8. The van der Waals surface area contributed by atoms with E-state index in [-0.39, 0.29) is 17.3 Å². The van der Waals surface area contributed by atoms with Crippen molar-refractivity contribution < 1.29 is 17.6 Å². The third-order valence-electron chi connectivity index (χ3n) is 3.80. The maximum atomic E-state index is 12.2. The summed E-state index contributed by atoms with van der Waals surface area (Å²) in [6.45, 7) is 0.781. The summed E-state index contributed by atoms with van der Waals surface area (Å²) >= 11 is 0. The molecule has 1 fully saturated rings. The molecule has 0 bridgehead atoms. The van der Waals surface area contributed by atoms with Gasteiger partial charge in [-0.2, -0.15) is 0 Å². The Morgan fingerprint density at radius 3 is 2.57 bits per heavy atom. The van der Waals surface area contributed by atoms with Crippen LogP contribution in [0.15, 0.2) is 52.0 Å². The lowest BCUT2D eigenvalue weighted by atomic mass is 10.1. The number of sulfonamides is 1. The van der Waals surface area contributed by atoms with Gasteiger partial charge in [0.05, 0.1) is 17.7 Å². The Bertz CT molecular complexity index is 767. The van der Waals surface area contributed by atoms with Gasteiger partial charge in [0.15, 0.2) is 0 Å². The molecule has 2 heterocycles. The number of nitrogens with one attached hydrogen (secondary N) is 1. The molecule has 1 saturated heterocycles. The number of carbonyl (C=O) groups is 1. The first kappa shape index (κ1) is 15.8. The minimum absolute atomic E-state index is 0.0859. The molecule has 1 aromatic heterocycles. The molecule has 0 saturated carbocycles. The third-order valence-corrected chi connectivity index (χ3v) is 5.22. The number of hydrogen-bond acceptors (Lipinski definition) is 4. The van der Waals surface area contributed by atoms with Crippen LogP contribution in [0.5, 0.6) is 0 Å². The van der Waals surface area contributed by atoms with Crippen molar-refractivity contribution in [1.29, 1.82) is 0 Å². The maximum Gasteiger partial charge on any atom is 0.240 e. The summed E-state index contributed by atoms with van der Waals surface area (Å²) in [7, 11) is -3.61. The molecule has 0 atom stereocenters. The van der Waals surface area contributed by atoms with Crippen LogP contribution in [0.3, 0.4) is 0 Å². The molecule has 1 aliphatic rings. The van der Waals surface area contributed by atoms with Gasteiger partial charge in [-0.15, -0.1) is 0 Å². The number of hydrogen-bond donors (Lipinski definition) is 1. The van der Waals surface area contributed by atoms with E-state index in [1.165, 1.54) is 18.4 Å². The minimum Gasteiger partial charge on any atom is -0.468 e. The first-order valence-corrected chi connectivity index (χ1v) is 8.97. The molecule has 1 amide bonds. The van der Waals surface area contributed by atoms with E-state index >= 15 is 0 Å². The van der Waals surface area contributed by atoms with Crippen LogP contribution >= 0.6 is 0 Å². The Balaban J connectivity index is 1.71. The topological polar surface area (TPSA) is 79.6 Å². The van der Waals surface area contributed by atoms with E-state index in [4.69, 9.17) is 4.42 Å². The van der Waals surface area contributed by atoms with Crippen molar-refractivity contribution >= 4 is 21.6 Å². The zero-order valence-corrected chi connectivity index (χ0v) is 13.4. The Hall–Kier alpha value is -2.12. The van der Waals surface area contributed by atoms with E-state index in [2.05, 4.69) is 4.72 Å². The molecule has 0 radical (unpaired) electrons. The summed E-state index contributed by atoms with van der Waals surface area (Å²) < 4.78 is 32.1. The van der Waals surface area contributed by atoms with Gasteiger partial charge in [0.25, 0.3) is 0 Å². The van der Waals surface area contributed by atoms with Gasteiger partial charge in [-0.05, 0) is 49.2 Å². The molecule has 0 spiro atoms. The lowest BCUT2D eigenvalue weighted by Crippen LogP contribution is -2.35. The lowest BCUT2D eigenvalue weighted by molar-refractivity contribution is -0.119. The van der Waals surface area contributed by atoms with E-state index in [0.717, 1.165) is 18.5 Å².